The predicted molar refractivity (Wildman–Crippen MR) is 64.7 cm³/mol. The summed E-state index contributed by atoms with van der Waals surface area (Å²) in [5.74, 6) is 0.0771. The van der Waals surface area contributed by atoms with Crippen LogP contribution in [0.1, 0.15) is 18.9 Å². The van der Waals surface area contributed by atoms with E-state index in [4.69, 9.17) is 14.6 Å². The molecule has 0 aliphatic rings. The second-order valence-corrected chi connectivity index (χ2v) is 3.80. The van der Waals surface area contributed by atoms with Crippen LogP contribution in [0, 0.1) is 5.92 Å². The van der Waals surface area contributed by atoms with Gasteiger partial charge in [0.15, 0.2) is 11.5 Å². The van der Waals surface area contributed by atoms with Gasteiger partial charge in [-0.2, -0.15) is 0 Å². The van der Waals surface area contributed by atoms with Crippen molar-refractivity contribution in [2.24, 2.45) is 5.92 Å². The van der Waals surface area contributed by atoms with Crippen LogP contribution in [0.5, 0.6) is 11.5 Å². The quantitative estimate of drug-likeness (QED) is 0.826. The highest BCUT2D eigenvalue weighted by atomic mass is 16.5. The van der Waals surface area contributed by atoms with E-state index in [1.54, 1.807) is 20.3 Å². The molecule has 0 heterocycles. The standard InChI is InChI=1S/C13H18O4/c1-4-9(13(14)15)8-10-6-5-7-11(16-2)12(10)17-3/h5-7,9H,4,8H2,1-3H3,(H,14,15). The zero-order chi connectivity index (χ0) is 12.8. The number of carbonyl (C=O) groups is 1. The van der Waals surface area contributed by atoms with Crippen LogP contribution in [0.3, 0.4) is 0 Å². The van der Waals surface area contributed by atoms with Crippen molar-refractivity contribution in [1.82, 2.24) is 0 Å². The topological polar surface area (TPSA) is 55.8 Å². The summed E-state index contributed by atoms with van der Waals surface area (Å²) < 4.78 is 10.5. The minimum atomic E-state index is -0.780. The van der Waals surface area contributed by atoms with Gasteiger partial charge in [0.1, 0.15) is 0 Å². The molecule has 1 atom stereocenters. The number of hydrogen-bond donors (Lipinski definition) is 1. The van der Waals surface area contributed by atoms with E-state index in [9.17, 15) is 4.79 Å². The van der Waals surface area contributed by atoms with E-state index in [-0.39, 0.29) is 0 Å². The molecule has 94 valence electrons. The van der Waals surface area contributed by atoms with E-state index in [1.807, 2.05) is 19.1 Å². The number of hydrogen-bond acceptors (Lipinski definition) is 3. The number of para-hydroxylation sites is 1. The van der Waals surface area contributed by atoms with Gasteiger partial charge in [0, 0.05) is 0 Å². The zero-order valence-electron chi connectivity index (χ0n) is 10.4. The maximum Gasteiger partial charge on any atom is 0.306 e. The van der Waals surface area contributed by atoms with Crippen molar-refractivity contribution in [3.8, 4) is 11.5 Å². The first-order valence-corrected chi connectivity index (χ1v) is 5.56. The first-order chi connectivity index (χ1) is 8.13. The average Bonchev–Trinajstić information content (AvgIpc) is 2.34. The molecule has 0 aromatic heterocycles. The van der Waals surface area contributed by atoms with Crippen LogP contribution in [0.25, 0.3) is 0 Å². The van der Waals surface area contributed by atoms with Crippen LogP contribution >= 0.6 is 0 Å². The molecule has 0 fully saturated rings. The van der Waals surface area contributed by atoms with E-state index >= 15 is 0 Å². The van der Waals surface area contributed by atoms with Crippen molar-refractivity contribution in [1.29, 1.82) is 0 Å². The Kier molecular flexibility index (Phi) is 4.82. The largest absolute Gasteiger partial charge is 0.493 e. The molecule has 0 radical (unpaired) electrons. The molecule has 1 aromatic carbocycles. The van der Waals surface area contributed by atoms with Crippen LogP contribution in [0.2, 0.25) is 0 Å². The summed E-state index contributed by atoms with van der Waals surface area (Å²) in [5.41, 5.74) is 0.862. The van der Waals surface area contributed by atoms with E-state index in [2.05, 4.69) is 0 Å². The predicted octanol–water partition coefficient (Wildman–Crippen LogP) is 2.36. The molecule has 0 spiro atoms. The van der Waals surface area contributed by atoms with Crippen molar-refractivity contribution in [3.05, 3.63) is 23.8 Å². The highest BCUT2D eigenvalue weighted by molar-refractivity contribution is 5.70. The third-order valence-electron chi connectivity index (χ3n) is 2.79. The van der Waals surface area contributed by atoms with Gasteiger partial charge in [0.2, 0.25) is 0 Å². The fourth-order valence-corrected chi connectivity index (χ4v) is 1.79. The van der Waals surface area contributed by atoms with E-state index < -0.39 is 11.9 Å². The van der Waals surface area contributed by atoms with Gasteiger partial charge in [0.25, 0.3) is 0 Å². The number of ether oxygens (including phenoxy) is 2. The van der Waals surface area contributed by atoms with Crippen molar-refractivity contribution >= 4 is 5.97 Å². The lowest BCUT2D eigenvalue weighted by atomic mass is 9.96. The molecule has 4 nitrogen and oxygen atoms in total. The zero-order valence-corrected chi connectivity index (χ0v) is 10.4. The fraction of sp³-hybridized carbons (Fsp3) is 0.462. The third kappa shape index (κ3) is 3.12. The van der Waals surface area contributed by atoms with Crippen LogP contribution in [-0.2, 0) is 11.2 Å². The van der Waals surface area contributed by atoms with Crippen molar-refractivity contribution in [3.63, 3.8) is 0 Å². The Hall–Kier alpha value is -1.71. The third-order valence-corrected chi connectivity index (χ3v) is 2.79. The first-order valence-electron chi connectivity index (χ1n) is 5.56. The van der Waals surface area contributed by atoms with Crippen molar-refractivity contribution in [2.75, 3.05) is 14.2 Å². The Morgan fingerprint density at radius 2 is 2.06 bits per heavy atom. The average molecular weight is 238 g/mol. The SMILES string of the molecule is CCC(Cc1cccc(OC)c1OC)C(=O)O. The number of benzene rings is 1. The summed E-state index contributed by atoms with van der Waals surface area (Å²) in [4.78, 5) is 11.0. The summed E-state index contributed by atoms with van der Waals surface area (Å²) in [6.07, 6.45) is 1.04. The molecular weight excluding hydrogens is 220 g/mol. The monoisotopic (exact) mass is 238 g/mol. The number of methoxy groups -OCH3 is 2. The summed E-state index contributed by atoms with van der Waals surface area (Å²) in [6, 6.07) is 5.50. The Morgan fingerprint density at radius 3 is 2.53 bits per heavy atom. The summed E-state index contributed by atoms with van der Waals surface area (Å²) in [7, 11) is 3.12. The Labute approximate surface area is 101 Å². The van der Waals surface area contributed by atoms with Gasteiger partial charge in [-0.1, -0.05) is 19.1 Å². The highest BCUT2D eigenvalue weighted by Crippen LogP contribution is 2.32. The molecule has 1 rings (SSSR count). The smallest absolute Gasteiger partial charge is 0.306 e. The second-order valence-electron chi connectivity index (χ2n) is 3.80. The van der Waals surface area contributed by atoms with Gasteiger partial charge in [-0.3, -0.25) is 4.79 Å². The van der Waals surface area contributed by atoms with Crippen LogP contribution in [0.4, 0.5) is 0 Å². The fourth-order valence-electron chi connectivity index (χ4n) is 1.79. The molecule has 0 amide bonds. The molecule has 1 unspecified atom stereocenters. The lowest BCUT2D eigenvalue weighted by molar-refractivity contribution is -0.141. The maximum absolute atomic E-state index is 11.0. The highest BCUT2D eigenvalue weighted by Gasteiger charge is 2.19. The Morgan fingerprint density at radius 1 is 1.35 bits per heavy atom. The van der Waals surface area contributed by atoms with Gasteiger partial charge in [-0.25, -0.2) is 0 Å². The van der Waals surface area contributed by atoms with Gasteiger partial charge < -0.3 is 14.6 Å². The normalized spacial score (nSPS) is 11.9. The summed E-state index contributed by atoms with van der Waals surface area (Å²) in [5, 5.41) is 9.05. The van der Waals surface area contributed by atoms with Crippen molar-refractivity contribution in [2.45, 2.75) is 19.8 Å². The maximum atomic E-state index is 11.0. The van der Waals surface area contributed by atoms with Gasteiger partial charge in [-0.15, -0.1) is 0 Å². The van der Waals surface area contributed by atoms with E-state index in [1.165, 1.54) is 0 Å². The lowest BCUT2D eigenvalue weighted by Crippen LogP contribution is -2.15. The van der Waals surface area contributed by atoms with Crippen LogP contribution < -0.4 is 9.47 Å². The number of aliphatic carboxylic acids is 1. The molecule has 0 aliphatic carbocycles. The van der Waals surface area contributed by atoms with Crippen LogP contribution in [-0.4, -0.2) is 25.3 Å². The minimum Gasteiger partial charge on any atom is -0.493 e. The van der Waals surface area contributed by atoms with Gasteiger partial charge in [0.05, 0.1) is 20.1 Å². The molecule has 17 heavy (non-hydrogen) atoms. The lowest BCUT2D eigenvalue weighted by Gasteiger charge is -2.15. The van der Waals surface area contributed by atoms with Gasteiger partial charge >= 0.3 is 5.97 Å². The molecule has 1 N–H and O–H groups in total. The molecule has 4 heteroatoms. The second kappa shape index (κ2) is 6.13. The summed E-state index contributed by atoms with van der Waals surface area (Å²) >= 11 is 0. The van der Waals surface area contributed by atoms with Crippen LogP contribution in [0.15, 0.2) is 18.2 Å². The number of carboxylic acid groups (broad SMARTS) is 1. The molecule has 0 saturated heterocycles. The Bertz CT molecular complexity index is 387. The molecule has 0 bridgehead atoms. The molecule has 0 saturated carbocycles. The van der Waals surface area contributed by atoms with E-state index in [0.29, 0.717) is 24.3 Å². The molecular formula is C13H18O4. The first kappa shape index (κ1) is 13.4. The summed E-state index contributed by atoms with van der Waals surface area (Å²) in [6.45, 7) is 1.87. The number of rotatable bonds is 6. The van der Waals surface area contributed by atoms with Gasteiger partial charge in [-0.05, 0) is 24.5 Å². The van der Waals surface area contributed by atoms with Crippen molar-refractivity contribution < 1.29 is 19.4 Å². The molecule has 1 aromatic rings. The minimum absolute atomic E-state index is 0.393. The number of carboxylic acids is 1. The molecule has 0 aliphatic heterocycles. The Balaban J connectivity index is 3.01. The van der Waals surface area contributed by atoms with E-state index in [0.717, 1.165) is 5.56 Å².